The number of nitrogens with one attached hydrogen (secondary N) is 1. The van der Waals surface area contributed by atoms with Crippen LogP contribution in [0.1, 0.15) is 20.8 Å². The monoisotopic (exact) mass is 495 g/mol. The van der Waals surface area contributed by atoms with Crippen LogP contribution in [-0.4, -0.2) is 34.0 Å². The van der Waals surface area contributed by atoms with Crippen LogP contribution in [0.4, 0.5) is 11.4 Å². The highest BCUT2D eigenvalue weighted by Crippen LogP contribution is 2.31. The molecule has 0 saturated carbocycles. The quantitative estimate of drug-likeness (QED) is 0.392. The van der Waals surface area contributed by atoms with Crippen molar-refractivity contribution in [1.29, 1.82) is 0 Å². The van der Waals surface area contributed by atoms with E-state index in [1.165, 1.54) is 11.6 Å². The molecule has 0 atom stereocenters. The maximum atomic E-state index is 12.7. The van der Waals surface area contributed by atoms with Gasteiger partial charge < -0.3 is 14.6 Å². The Balaban J connectivity index is 1.69. The second-order valence-electron chi connectivity index (χ2n) is 7.24. The van der Waals surface area contributed by atoms with Gasteiger partial charge in [-0.3, -0.25) is 4.79 Å². The summed E-state index contributed by atoms with van der Waals surface area (Å²) in [5, 5.41) is 11.8. The van der Waals surface area contributed by atoms with Gasteiger partial charge in [-0.1, -0.05) is 17.3 Å². The van der Waals surface area contributed by atoms with Crippen LogP contribution < -0.4 is 15.8 Å². The fourth-order valence-corrected chi connectivity index (χ4v) is 4.14. The van der Waals surface area contributed by atoms with Crippen LogP contribution >= 0.6 is 15.9 Å². The van der Waals surface area contributed by atoms with Crippen molar-refractivity contribution in [2.45, 2.75) is 20.8 Å². The first kappa shape index (κ1) is 21.8. The molecule has 0 aliphatic carbocycles. The van der Waals surface area contributed by atoms with Crippen LogP contribution in [-0.2, 0) is 4.79 Å². The van der Waals surface area contributed by atoms with Gasteiger partial charge in [0, 0.05) is 47.2 Å². The zero-order valence-corrected chi connectivity index (χ0v) is 19.5. The van der Waals surface area contributed by atoms with E-state index in [0.29, 0.717) is 17.0 Å². The predicted molar refractivity (Wildman–Crippen MR) is 128 cm³/mol. The summed E-state index contributed by atoms with van der Waals surface area (Å²) >= 11 is 3.63. The molecule has 0 aliphatic heterocycles. The molecular weight excluding hydrogens is 474 g/mol. The van der Waals surface area contributed by atoms with Crippen LogP contribution in [0.3, 0.4) is 0 Å². The number of nitrogens with zero attached hydrogens (tertiary/aromatic N) is 4. The highest BCUT2D eigenvalue weighted by molar-refractivity contribution is 9.10. The van der Waals surface area contributed by atoms with E-state index in [1.807, 2.05) is 24.3 Å². The lowest BCUT2D eigenvalue weighted by atomic mass is 10.1. The van der Waals surface area contributed by atoms with Crippen molar-refractivity contribution < 1.29 is 9.21 Å². The number of halogens is 1. The molecule has 0 aliphatic rings. The van der Waals surface area contributed by atoms with Crippen LogP contribution in [0.5, 0.6) is 0 Å². The Kier molecular flexibility index (Phi) is 6.09. The number of carbonyl (C=O) groups excluding carboxylic acids is 1. The molecule has 1 N–H and O–H groups in total. The third-order valence-electron chi connectivity index (χ3n) is 5.13. The first-order chi connectivity index (χ1) is 15.4. The highest BCUT2D eigenvalue weighted by Gasteiger charge is 2.15. The number of aromatic nitrogens is 3. The van der Waals surface area contributed by atoms with Gasteiger partial charge >= 0.3 is 5.63 Å². The van der Waals surface area contributed by atoms with Crippen molar-refractivity contribution >= 4 is 44.2 Å². The fraction of sp³-hybridized carbons (Fsp3) is 0.217. The van der Waals surface area contributed by atoms with Crippen molar-refractivity contribution in [3.63, 3.8) is 0 Å². The Labute approximate surface area is 193 Å². The minimum Gasteiger partial charge on any atom is -0.421 e. The van der Waals surface area contributed by atoms with Gasteiger partial charge in [0.2, 0.25) is 5.91 Å². The second-order valence-corrected chi connectivity index (χ2v) is 8.09. The molecular formula is C23H22BrN5O3. The van der Waals surface area contributed by atoms with Gasteiger partial charge in [-0.25, -0.2) is 9.48 Å². The SMILES string of the molecule is CCN(CC)c1cc2oc(=O)c(-n3cc(-c4ccc(NC(C)=O)cc4)nn3)cc2cc1Br. The fourth-order valence-electron chi connectivity index (χ4n) is 3.53. The van der Waals surface area contributed by atoms with Gasteiger partial charge in [-0.2, -0.15) is 0 Å². The number of amides is 1. The summed E-state index contributed by atoms with van der Waals surface area (Å²) in [6.07, 6.45) is 1.67. The van der Waals surface area contributed by atoms with Crippen molar-refractivity contribution in [2.75, 3.05) is 23.3 Å². The molecule has 0 unspecified atom stereocenters. The van der Waals surface area contributed by atoms with Gasteiger partial charge in [-0.15, -0.1) is 5.10 Å². The number of carbonyl (C=O) groups is 1. The van der Waals surface area contributed by atoms with E-state index in [-0.39, 0.29) is 11.6 Å². The number of hydrogen-bond donors (Lipinski definition) is 1. The lowest BCUT2D eigenvalue weighted by Gasteiger charge is -2.22. The van der Waals surface area contributed by atoms with Crippen molar-refractivity contribution in [2.24, 2.45) is 0 Å². The number of fused-ring (bicyclic) bond motifs is 1. The third-order valence-corrected chi connectivity index (χ3v) is 5.76. The van der Waals surface area contributed by atoms with Crippen LogP contribution in [0.15, 0.2) is 62.3 Å². The molecule has 2 aromatic heterocycles. The smallest absolute Gasteiger partial charge is 0.362 e. The molecule has 4 aromatic rings. The first-order valence-electron chi connectivity index (χ1n) is 10.2. The summed E-state index contributed by atoms with van der Waals surface area (Å²) < 4.78 is 7.95. The van der Waals surface area contributed by atoms with Gasteiger partial charge in [-0.05, 0) is 54.0 Å². The van der Waals surface area contributed by atoms with Crippen LogP contribution in [0.25, 0.3) is 27.9 Å². The van der Waals surface area contributed by atoms with E-state index in [4.69, 9.17) is 4.42 Å². The van der Waals surface area contributed by atoms with Crippen molar-refractivity contribution in [3.8, 4) is 16.9 Å². The summed E-state index contributed by atoms with van der Waals surface area (Å²) in [4.78, 5) is 26.1. The standard InChI is InChI=1S/C23H22BrN5O3/c1-4-28(5-2)20-12-22-16(10-18(20)24)11-21(23(31)32-22)29-13-19(26-27-29)15-6-8-17(9-7-15)25-14(3)30/h6-13H,4-5H2,1-3H3,(H,25,30). The van der Waals surface area contributed by atoms with Gasteiger partial charge in [0.05, 0.1) is 11.9 Å². The van der Waals surface area contributed by atoms with Crippen molar-refractivity contribution in [3.05, 3.63) is 63.6 Å². The lowest BCUT2D eigenvalue weighted by Crippen LogP contribution is -2.22. The van der Waals surface area contributed by atoms with Gasteiger partial charge in [0.1, 0.15) is 11.3 Å². The maximum Gasteiger partial charge on any atom is 0.362 e. The molecule has 2 aromatic carbocycles. The van der Waals surface area contributed by atoms with Crippen LogP contribution in [0.2, 0.25) is 0 Å². The average Bonchev–Trinajstić information content (AvgIpc) is 3.25. The second kappa shape index (κ2) is 8.96. The minimum absolute atomic E-state index is 0.137. The zero-order valence-electron chi connectivity index (χ0n) is 17.9. The van der Waals surface area contributed by atoms with Crippen LogP contribution in [0, 0.1) is 0 Å². The largest absolute Gasteiger partial charge is 0.421 e. The minimum atomic E-state index is -0.497. The van der Waals surface area contributed by atoms with E-state index < -0.39 is 5.63 Å². The first-order valence-corrected chi connectivity index (χ1v) is 11.0. The molecule has 0 bridgehead atoms. The Morgan fingerprint density at radius 1 is 1.16 bits per heavy atom. The maximum absolute atomic E-state index is 12.7. The highest BCUT2D eigenvalue weighted by atomic mass is 79.9. The molecule has 0 radical (unpaired) electrons. The molecule has 1 amide bonds. The van der Waals surface area contributed by atoms with Gasteiger partial charge in [0.25, 0.3) is 0 Å². The number of rotatable bonds is 6. The van der Waals surface area contributed by atoms with E-state index in [1.54, 1.807) is 24.4 Å². The molecule has 0 fully saturated rings. The lowest BCUT2D eigenvalue weighted by molar-refractivity contribution is -0.114. The van der Waals surface area contributed by atoms with Crippen molar-refractivity contribution in [1.82, 2.24) is 15.0 Å². The van der Waals surface area contributed by atoms with E-state index >= 15 is 0 Å². The predicted octanol–water partition coefficient (Wildman–Crippen LogP) is 4.61. The van der Waals surface area contributed by atoms with E-state index in [9.17, 15) is 9.59 Å². The molecule has 164 valence electrons. The Bertz CT molecular complexity index is 1340. The molecule has 2 heterocycles. The summed E-state index contributed by atoms with van der Waals surface area (Å²) in [6, 6.07) is 12.8. The number of hydrogen-bond acceptors (Lipinski definition) is 6. The summed E-state index contributed by atoms with van der Waals surface area (Å²) in [5.41, 5.74) is 3.36. The zero-order chi connectivity index (χ0) is 22.8. The Morgan fingerprint density at radius 3 is 2.53 bits per heavy atom. The molecule has 8 nitrogen and oxygen atoms in total. The molecule has 0 saturated heterocycles. The molecule has 4 rings (SSSR count). The normalized spacial score (nSPS) is 11.0. The average molecular weight is 496 g/mol. The Hall–Kier alpha value is -3.46. The number of anilines is 2. The number of benzene rings is 2. The molecule has 0 spiro atoms. The third kappa shape index (κ3) is 4.29. The summed E-state index contributed by atoms with van der Waals surface area (Å²) in [6.45, 7) is 7.30. The Morgan fingerprint density at radius 2 is 1.88 bits per heavy atom. The van der Waals surface area contributed by atoms with Gasteiger partial charge in [0.15, 0.2) is 5.69 Å². The molecule has 32 heavy (non-hydrogen) atoms. The molecule has 9 heteroatoms. The topological polar surface area (TPSA) is 93.3 Å². The summed E-state index contributed by atoms with van der Waals surface area (Å²) in [7, 11) is 0. The summed E-state index contributed by atoms with van der Waals surface area (Å²) in [5.74, 6) is -0.137. The van der Waals surface area contributed by atoms with E-state index in [0.717, 1.165) is 34.2 Å². The van der Waals surface area contributed by atoms with E-state index in [2.05, 4.69) is 50.3 Å².